The van der Waals surface area contributed by atoms with Crippen molar-refractivity contribution in [3.05, 3.63) is 35.6 Å². The molecule has 1 aromatic rings. The van der Waals surface area contributed by atoms with Crippen molar-refractivity contribution in [2.45, 2.75) is 32.2 Å². The summed E-state index contributed by atoms with van der Waals surface area (Å²) in [5.74, 6) is -1.39. The molecular formula is C13H16FNO3. The number of carbonyl (C=O) groups excluding carboxylic acids is 1. The lowest BCUT2D eigenvalue weighted by Crippen LogP contribution is -2.22. The van der Waals surface area contributed by atoms with Crippen LogP contribution in [0.25, 0.3) is 0 Å². The van der Waals surface area contributed by atoms with Crippen LogP contribution in [0.3, 0.4) is 0 Å². The third kappa shape index (κ3) is 5.43. The second kappa shape index (κ2) is 7.42. The van der Waals surface area contributed by atoms with Gasteiger partial charge in [-0.2, -0.15) is 0 Å². The fraction of sp³-hybridized carbons (Fsp3) is 0.385. The number of hydrogen-bond donors (Lipinski definition) is 2. The predicted octanol–water partition coefficient (Wildman–Crippen LogP) is 2.09. The zero-order valence-electron chi connectivity index (χ0n) is 9.99. The number of hydrogen-bond acceptors (Lipinski definition) is 2. The predicted molar refractivity (Wildman–Crippen MR) is 64.4 cm³/mol. The van der Waals surface area contributed by atoms with E-state index >= 15 is 0 Å². The fourth-order valence-corrected chi connectivity index (χ4v) is 1.49. The summed E-state index contributed by atoms with van der Waals surface area (Å²) in [7, 11) is 0. The summed E-state index contributed by atoms with van der Waals surface area (Å²) in [5, 5.41) is 11.0. The van der Waals surface area contributed by atoms with Crippen LogP contribution in [0.4, 0.5) is 4.39 Å². The van der Waals surface area contributed by atoms with Crippen LogP contribution < -0.4 is 5.32 Å². The molecule has 0 radical (unpaired) electrons. The van der Waals surface area contributed by atoms with Crippen molar-refractivity contribution in [3.63, 3.8) is 0 Å². The van der Waals surface area contributed by atoms with E-state index in [2.05, 4.69) is 5.32 Å². The summed E-state index contributed by atoms with van der Waals surface area (Å²) in [5.41, 5.74) is 0.441. The third-order valence-corrected chi connectivity index (χ3v) is 2.48. The molecule has 1 aromatic carbocycles. The second-order valence-corrected chi connectivity index (χ2v) is 3.97. The first-order valence-electron chi connectivity index (χ1n) is 5.81. The van der Waals surface area contributed by atoms with E-state index in [0.717, 1.165) is 0 Å². The van der Waals surface area contributed by atoms with Crippen molar-refractivity contribution in [3.8, 4) is 0 Å². The van der Waals surface area contributed by atoms with Crippen molar-refractivity contribution in [2.75, 3.05) is 0 Å². The fourth-order valence-electron chi connectivity index (χ4n) is 1.49. The summed E-state index contributed by atoms with van der Waals surface area (Å²) in [4.78, 5) is 21.6. The molecular weight excluding hydrogens is 237 g/mol. The Balaban J connectivity index is 2.21. The van der Waals surface area contributed by atoms with Crippen molar-refractivity contribution in [1.29, 1.82) is 0 Å². The highest BCUT2D eigenvalue weighted by atomic mass is 19.1. The van der Waals surface area contributed by atoms with Crippen LogP contribution in [0.15, 0.2) is 24.3 Å². The molecule has 1 rings (SSSR count). The number of aliphatic carboxylic acids is 1. The number of rotatable bonds is 7. The van der Waals surface area contributed by atoms with Gasteiger partial charge in [-0.25, -0.2) is 4.39 Å². The SMILES string of the molecule is O=C(O)CCCCC(=O)NCc1ccccc1F. The molecule has 0 fully saturated rings. The maximum atomic E-state index is 13.2. The molecule has 0 atom stereocenters. The van der Waals surface area contributed by atoms with E-state index in [1.54, 1.807) is 18.2 Å². The van der Waals surface area contributed by atoms with Gasteiger partial charge in [-0.05, 0) is 18.9 Å². The first-order chi connectivity index (χ1) is 8.59. The number of nitrogens with one attached hydrogen (secondary N) is 1. The molecule has 0 spiro atoms. The zero-order chi connectivity index (χ0) is 13.4. The molecule has 0 aliphatic heterocycles. The van der Waals surface area contributed by atoms with Gasteiger partial charge in [-0.15, -0.1) is 0 Å². The second-order valence-electron chi connectivity index (χ2n) is 3.97. The van der Waals surface area contributed by atoms with E-state index in [1.807, 2.05) is 0 Å². The van der Waals surface area contributed by atoms with Gasteiger partial charge in [0.1, 0.15) is 5.82 Å². The summed E-state index contributed by atoms with van der Waals surface area (Å²) < 4.78 is 13.2. The quantitative estimate of drug-likeness (QED) is 0.731. The Kier molecular flexibility index (Phi) is 5.84. The van der Waals surface area contributed by atoms with Crippen LogP contribution >= 0.6 is 0 Å². The molecule has 0 aromatic heterocycles. The number of benzene rings is 1. The van der Waals surface area contributed by atoms with Crippen molar-refractivity contribution in [2.24, 2.45) is 0 Å². The highest BCUT2D eigenvalue weighted by Gasteiger charge is 2.05. The van der Waals surface area contributed by atoms with Crippen LogP contribution in [-0.4, -0.2) is 17.0 Å². The van der Waals surface area contributed by atoms with Crippen LogP contribution in [-0.2, 0) is 16.1 Å². The summed E-state index contributed by atoms with van der Waals surface area (Å²) in [6, 6.07) is 6.25. The minimum atomic E-state index is -0.859. The van der Waals surface area contributed by atoms with Crippen LogP contribution in [0.2, 0.25) is 0 Å². The van der Waals surface area contributed by atoms with E-state index in [1.165, 1.54) is 6.07 Å². The Morgan fingerprint density at radius 1 is 1.17 bits per heavy atom. The molecule has 5 heteroatoms. The molecule has 0 saturated carbocycles. The van der Waals surface area contributed by atoms with E-state index in [9.17, 15) is 14.0 Å². The summed E-state index contributed by atoms with van der Waals surface area (Å²) in [6.07, 6.45) is 1.33. The topological polar surface area (TPSA) is 66.4 Å². The van der Waals surface area contributed by atoms with Gasteiger partial charge in [0, 0.05) is 24.9 Å². The number of unbranched alkanes of at least 4 members (excludes halogenated alkanes) is 1. The average Bonchev–Trinajstić information content (AvgIpc) is 2.33. The number of halogens is 1. The lowest BCUT2D eigenvalue weighted by molar-refractivity contribution is -0.137. The molecule has 98 valence electrons. The van der Waals surface area contributed by atoms with Crippen molar-refractivity contribution < 1.29 is 19.1 Å². The molecule has 0 aliphatic carbocycles. The molecule has 1 amide bonds. The summed E-state index contributed by atoms with van der Waals surface area (Å²) >= 11 is 0. The van der Waals surface area contributed by atoms with E-state index < -0.39 is 5.97 Å². The van der Waals surface area contributed by atoms with Gasteiger partial charge in [-0.3, -0.25) is 9.59 Å². The third-order valence-electron chi connectivity index (χ3n) is 2.48. The maximum Gasteiger partial charge on any atom is 0.303 e. The van der Waals surface area contributed by atoms with E-state index in [4.69, 9.17) is 5.11 Å². The standard InChI is InChI=1S/C13H16FNO3/c14-11-6-2-1-5-10(11)9-15-12(16)7-3-4-8-13(17)18/h1-2,5-6H,3-4,7-9H2,(H,15,16)(H,17,18). The minimum absolute atomic E-state index is 0.0700. The normalized spacial score (nSPS) is 10.1. The Morgan fingerprint density at radius 3 is 2.50 bits per heavy atom. The molecule has 4 nitrogen and oxygen atoms in total. The molecule has 2 N–H and O–H groups in total. The lowest BCUT2D eigenvalue weighted by Gasteiger charge is -2.05. The van der Waals surface area contributed by atoms with E-state index in [-0.39, 0.29) is 31.1 Å². The maximum absolute atomic E-state index is 13.2. The first-order valence-corrected chi connectivity index (χ1v) is 5.81. The molecule has 0 saturated heterocycles. The van der Waals surface area contributed by atoms with Crippen molar-refractivity contribution >= 4 is 11.9 Å². The number of carboxylic acids is 1. The molecule has 0 heterocycles. The van der Waals surface area contributed by atoms with Gasteiger partial charge in [0.25, 0.3) is 0 Å². The molecule has 0 bridgehead atoms. The highest BCUT2D eigenvalue weighted by molar-refractivity contribution is 5.75. The monoisotopic (exact) mass is 253 g/mol. The lowest BCUT2D eigenvalue weighted by atomic mass is 10.1. The van der Waals surface area contributed by atoms with Gasteiger partial charge < -0.3 is 10.4 Å². The van der Waals surface area contributed by atoms with Crippen LogP contribution in [0, 0.1) is 5.82 Å². The largest absolute Gasteiger partial charge is 0.481 e. The Bertz CT molecular complexity index is 420. The smallest absolute Gasteiger partial charge is 0.303 e. The number of carboxylic acid groups (broad SMARTS) is 1. The minimum Gasteiger partial charge on any atom is -0.481 e. The summed E-state index contributed by atoms with van der Waals surface area (Å²) in [6.45, 7) is 0.157. The molecule has 18 heavy (non-hydrogen) atoms. The van der Waals surface area contributed by atoms with Crippen LogP contribution in [0.5, 0.6) is 0 Å². The number of carbonyl (C=O) groups is 2. The van der Waals surface area contributed by atoms with Gasteiger partial charge in [0.15, 0.2) is 0 Å². The number of amides is 1. The zero-order valence-corrected chi connectivity index (χ0v) is 9.99. The van der Waals surface area contributed by atoms with Gasteiger partial charge in [-0.1, -0.05) is 18.2 Å². The Hall–Kier alpha value is -1.91. The van der Waals surface area contributed by atoms with Gasteiger partial charge in [0.05, 0.1) is 0 Å². The highest BCUT2D eigenvalue weighted by Crippen LogP contribution is 2.06. The first kappa shape index (κ1) is 14.2. The van der Waals surface area contributed by atoms with Gasteiger partial charge >= 0.3 is 5.97 Å². The molecule has 0 unspecified atom stereocenters. The van der Waals surface area contributed by atoms with Gasteiger partial charge in [0.2, 0.25) is 5.91 Å². The Labute approximate surface area is 105 Å². The average molecular weight is 253 g/mol. The van der Waals surface area contributed by atoms with E-state index in [0.29, 0.717) is 18.4 Å². The Morgan fingerprint density at radius 2 is 1.83 bits per heavy atom. The van der Waals surface area contributed by atoms with Crippen molar-refractivity contribution in [1.82, 2.24) is 5.32 Å². The van der Waals surface area contributed by atoms with Crippen LogP contribution in [0.1, 0.15) is 31.2 Å². The molecule has 0 aliphatic rings.